The van der Waals surface area contributed by atoms with Crippen molar-refractivity contribution in [2.24, 2.45) is 10.2 Å². The van der Waals surface area contributed by atoms with Crippen LogP contribution < -0.4 is 0 Å². The Bertz CT molecular complexity index is 474. The van der Waals surface area contributed by atoms with Gasteiger partial charge in [0.2, 0.25) is 5.88 Å². The van der Waals surface area contributed by atoms with E-state index in [1.165, 1.54) is 0 Å². The number of rotatable bonds is 3. The van der Waals surface area contributed by atoms with Crippen LogP contribution in [-0.4, -0.2) is 6.29 Å². The lowest BCUT2D eigenvalue weighted by molar-refractivity contribution is 0.110. The van der Waals surface area contributed by atoms with E-state index in [2.05, 4.69) is 10.2 Å². The highest BCUT2D eigenvalue weighted by Gasteiger charge is 1.97. The van der Waals surface area contributed by atoms with Crippen LogP contribution in [0.1, 0.15) is 10.6 Å². The van der Waals surface area contributed by atoms with E-state index in [1.54, 1.807) is 12.1 Å². The minimum Gasteiger partial charge on any atom is -0.434 e. The fraction of sp³-hybridized carbons (Fsp3) is 0. The molecule has 0 fully saturated rings. The van der Waals surface area contributed by atoms with Crippen molar-refractivity contribution in [3.63, 3.8) is 0 Å². The first-order chi connectivity index (χ1) is 7.38. The Hall–Kier alpha value is -2.23. The van der Waals surface area contributed by atoms with Gasteiger partial charge in [0, 0.05) is 6.07 Å². The predicted molar refractivity (Wildman–Crippen MR) is 54.7 cm³/mol. The molecule has 0 N–H and O–H groups in total. The van der Waals surface area contributed by atoms with Gasteiger partial charge in [-0.25, -0.2) is 0 Å². The molecule has 0 saturated carbocycles. The van der Waals surface area contributed by atoms with Crippen LogP contribution in [0, 0.1) is 0 Å². The van der Waals surface area contributed by atoms with Crippen LogP contribution in [0.2, 0.25) is 0 Å². The minimum absolute atomic E-state index is 0.247. The highest BCUT2D eigenvalue weighted by molar-refractivity contribution is 5.71. The van der Waals surface area contributed by atoms with Crippen LogP contribution in [0.3, 0.4) is 0 Å². The van der Waals surface area contributed by atoms with E-state index in [4.69, 9.17) is 4.42 Å². The summed E-state index contributed by atoms with van der Waals surface area (Å²) < 4.78 is 5.03. The lowest BCUT2D eigenvalue weighted by atomic mass is 10.3. The Labute approximate surface area is 86.3 Å². The van der Waals surface area contributed by atoms with Crippen molar-refractivity contribution in [1.29, 1.82) is 0 Å². The summed E-state index contributed by atoms with van der Waals surface area (Å²) in [6, 6.07) is 12.4. The fourth-order valence-electron chi connectivity index (χ4n) is 1.06. The third-order valence-electron chi connectivity index (χ3n) is 1.75. The first-order valence-electron chi connectivity index (χ1n) is 4.40. The molecular formula is C11H8N2O2. The van der Waals surface area contributed by atoms with Crippen molar-refractivity contribution >= 4 is 17.9 Å². The molecule has 0 amide bonds. The number of hydrogen-bond acceptors (Lipinski definition) is 4. The van der Waals surface area contributed by atoms with Gasteiger partial charge >= 0.3 is 0 Å². The van der Waals surface area contributed by atoms with Crippen LogP contribution in [0.15, 0.2) is 57.1 Å². The van der Waals surface area contributed by atoms with Crippen molar-refractivity contribution < 1.29 is 9.21 Å². The lowest BCUT2D eigenvalue weighted by Crippen LogP contribution is -1.66. The van der Waals surface area contributed by atoms with E-state index in [9.17, 15) is 4.79 Å². The molecule has 15 heavy (non-hydrogen) atoms. The van der Waals surface area contributed by atoms with Gasteiger partial charge in [-0.2, -0.15) is 0 Å². The largest absolute Gasteiger partial charge is 0.434 e. The summed E-state index contributed by atoms with van der Waals surface area (Å²) >= 11 is 0. The van der Waals surface area contributed by atoms with E-state index in [-0.39, 0.29) is 5.76 Å². The molecule has 2 rings (SSSR count). The second-order valence-electron chi connectivity index (χ2n) is 2.83. The summed E-state index contributed by atoms with van der Waals surface area (Å²) in [5, 5.41) is 7.78. The summed E-state index contributed by atoms with van der Waals surface area (Å²) in [6.45, 7) is 0. The molecule has 0 spiro atoms. The van der Waals surface area contributed by atoms with Crippen molar-refractivity contribution in [3.05, 3.63) is 48.2 Å². The third kappa shape index (κ3) is 2.37. The number of hydrogen-bond donors (Lipinski definition) is 0. The Balaban J connectivity index is 2.15. The topological polar surface area (TPSA) is 54.9 Å². The molecule has 0 bridgehead atoms. The molecule has 4 heteroatoms. The Morgan fingerprint density at radius 3 is 2.47 bits per heavy atom. The quantitative estimate of drug-likeness (QED) is 0.562. The SMILES string of the molecule is O=Cc1ccc(N=Nc2ccccc2)o1. The first-order valence-corrected chi connectivity index (χ1v) is 4.40. The van der Waals surface area contributed by atoms with Crippen LogP contribution >= 0.6 is 0 Å². The van der Waals surface area contributed by atoms with E-state index in [0.29, 0.717) is 12.2 Å². The van der Waals surface area contributed by atoms with Crippen molar-refractivity contribution in [3.8, 4) is 0 Å². The summed E-state index contributed by atoms with van der Waals surface area (Å²) in [7, 11) is 0. The standard InChI is InChI=1S/C11H8N2O2/c14-8-10-6-7-11(15-10)13-12-9-4-2-1-3-5-9/h1-8H. The van der Waals surface area contributed by atoms with E-state index in [0.717, 1.165) is 5.69 Å². The minimum atomic E-state index is 0.247. The Kier molecular flexibility index (Phi) is 2.69. The van der Waals surface area contributed by atoms with Crippen LogP contribution in [-0.2, 0) is 0 Å². The Morgan fingerprint density at radius 1 is 1.00 bits per heavy atom. The molecule has 1 aromatic carbocycles. The van der Waals surface area contributed by atoms with E-state index >= 15 is 0 Å². The summed E-state index contributed by atoms with van der Waals surface area (Å²) in [4.78, 5) is 10.3. The van der Waals surface area contributed by atoms with Crippen LogP contribution in [0.5, 0.6) is 0 Å². The van der Waals surface area contributed by atoms with Gasteiger partial charge in [-0.3, -0.25) is 4.79 Å². The zero-order valence-electron chi connectivity index (χ0n) is 7.83. The van der Waals surface area contributed by atoms with Gasteiger partial charge in [0.25, 0.3) is 0 Å². The molecule has 2 aromatic rings. The highest BCUT2D eigenvalue weighted by atomic mass is 16.4. The monoisotopic (exact) mass is 200 g/mol. The zero-order chi connectivity index (χ0) is 10.5. The highest BCUT2D eigenvalue weighted by Crippen LogP contribution is 2.19. The molecule has 0 aliphatic carbocycles. The molecule has 1 aromatic heterocycles. The Morgan fingerprint density at radius 2 is 1.80 bits per heavy atom. The lowest BCUT2D eigenvalue weighted by Gasteiger charge is -1.88. The normalized spacial score (nSPS) is 10.7. The molecule has 74 valence electrons. The maximum atomic E-state index is 10.3. The van der Waals surface area contributed by atoms with Gasteiger partial charge in [0.05, 0.1) is 5.69 Å². The van der Waals surface area contributed by atoms with Gasteiger partial charge < -0.3 is 4.42 Å². The van der Waals surface area contributed by atoms with Gasteiger partial charge in [0.15, 0.2) is 12.0 Å². The van der Waals surface area contributed by atoms with Gasteiger partial charge in [-0.1, -0.05) is 18.2 Å². The number of furan rings is 1. The molecule has 0 radical (unpaired) electrons. The molecular weight excluding hydrogens is 192 g/mol. The number of benzene rings is 1. The molecule has 4 nitrogen and oxygen atoms in total. The molecule has 0 saturated heterocycles. The number of carbonyl (C=O) groups is 1. The van der Waals surface area contributed by atoms with Crippen molar-refractivity contribution in [2.45, 2.75) is 0 Å². The summed E-state index contributed by atoms with van der Waals surface area (Å²) in [6.07, 6.45) is 0.627. The number of aldehydes is 1. The van der Waals surface area contributed by atoms with Gasteiger partial charge in [-0.05, 0) is 18.2 Å². The van der Waals surface area contributed by atoms with Crippen molar-refractivity contribution in [2.75, 3.05) is 0 Å². The maximum Gasteiger partial charge on any atom is 0.239 e. The molecule has 0 atom stereocenters. The number of carbonyl (C=O) groups excluding carboxylic acids is 1. The third-order valence-corrected chi connectivity index (χ3v) is 1.75. The van der Waals surface area contributed by atoms with Crippen LogP contribution in [0.4, 0.5) is 11.6 Å². The molecule has 0 aliphatic heterocycles. The fourth-order valence-corrected chi connectivity index (χ4v) is 1.06. The van der Waals surface area contributed by atoms with Gasteiger partial charge in [-0.15, -0.1) is 10.2 Å². The smallest absolute Gasteiger partial charge is 0.239 e. The molecule has 0 unspecified atom stereocenters. The van der Waals surface area contributed by atoms with Crippen molar-refractivity contribution in [1.82, 2.24) is 0 Å². The first kappa shape index (κ1) is 9.33. The van der Waals surface area contributed by atoms with E-state index < -0.39 is 0 Å². The second-order valence-corrected chi connectivity index (χ2v) is 2.83. The summed E-state index contributed by atoms with van der Waals surface area (Å²) in [5.41, 5.74) is 0.738. The molecule has 0 aliphatic rings. The second kappa shape index (κ2) is 4.32. The maximum absolute atomic E-state index is 10.3. The number of nitrogens with zero attached hydrogens (tertiary/aromatic N) is 2. The average Bonchev–Trinajstić information content (AvgIpc) is 2.76. The van der Waals surface area contributed by atoms with Gasteiger partial charge in [0.1, 0.15) is 0 Å². The summed E-state index contributed by atoms with van der Waals surface area (Å²) in [5.74, 6) is 0.568. The van der Waals surface area contributed by atoms with Crippen LogP contribution in [0.25, 0.3) is 0 Å². The predicted octanol–water partition coefficient (Wildman–Crippen LogP) is 3.51. The zero-order valence-corrected chi connectivity index (χ0v) is 7.83. The van der Waals surface area contributed by atoms with E-state index in [1.807, 2.05) is 30.3 Å². The number of azo groups is 1. The molecule has 1 heterocycles. The average molecular weight is 200 g/mol.